The minimum absolute atomic E-state index is 0.0580. The first-order valence-electron chi connectivity index (χ1n) is 9.48. The van der Waals surface area contributed by atoms with E-state index in [1.807, 2.05) is 6.07 Å². The van der Waals surface area contributed by atoms with Crippen molar-refractivity contribution in [1.29, 1.82) is 5.26 Å². The quantitative estimate of drug-likeness (QED) is 0.439. The van der Waals surface area contributed by atoms with Gasteiger partial charge in [0.05, 0.1) is 46.2 Å². The van der Waals surface area contributed by atoms with Crippen LogP contribution in [0.25, 0.3) is 22.8 Å². The number of rotatable bonds is 4. The fourth-order valence-electron chi connectivity index (χ4n) is 3.58. The molecule has 0 atom stereocenters. The molecule has 2 aromatic heterocycles. The molecule has 0 amide bonds. The van der Waals surface area contributed by atoms with Gasteiger partial charge in [0, 0.05) is 0 Å². The lowest BCUT2D eigenvalue weighted by Gasteiger charge is -2.11. The summed E-state index contributed by atoms with van der Waals surface area (Å²) in [7, 11) is -5.17. The van der Waals surface area contributed by atoms with E-state index >= 15 is 0 Å². The van der Waals surface area contributed by atoms with Crippen molar-refractivity contribution in [2.45, 2.75) is 13.1 Å². The molecule has 4 rings (SSSR count). The van der Waals surface area contributed by atoms with Crippen LogP contribution in [0.15, 0.2) is 65.6 Å². The molecule has 0 fully saturated rings. The number of halogens is 3. The lowest BCUT2D eigenvalue weighted by atomic mass is 10.2. The van der Waals surface area contributed by atoms with E-state index < -0.39 is 27.7 Å². The molecule has 0 unspecified atom stereocenters. The molecule has 0 spiro atoms. The van der Waals surface area contributed by atoms with Gasteiger partial charge in [0.1, 0.15) is 5.69 Å². The third-order valence-corrected chi connectivity index (χ3v) is 5.84. The van der Waals surface area contributed by atoms with Crippen molar-refractivity contribution in [2.24, 2.45) is 0 Å². The van der Waals surface area contributed by atoms with Crippen molar-refractivity contribution >= 4 is 10.3 Å². The van der Waals surface area contributed by atoms with Crippen molar-refractivity contribution in [2.75, 3.05) is 0 Å². The first-order chi connectivity index (χ1) is 15.9. The SMILES string of the molecule is Cc1c(-c2ccnn2-c2ccc(C#N)cc2)n(S(=O)(=O)O)c(=O)n1-c1cccc(C(F)(F)F)c1. The predicted molar refractivity (Wildman–Crippen MR) is 114 cm³/mol. The minimum Gasteiger partial charge on any atom is -0.269 e. The summed E-state index contributed by atoms with van der Waals surface area (Å²) in [5.41, 5.74) is -2.11. The molecule has 2 aromatic carbocycles. The molecule has 0 aliphatic carbocycles. The number of nitriles is 1. The van der Waals surface area contributed by atoms with E-state index in [9.17, 15) is 30.9 Å². The highest BCUT2D eigenvalue weighted by Crippen LogP contribution is 2.32. The van der Waals surface area contributed by atoms with Gasteiger partial charge in [-0.2, -0.15) is 35.9 Å². The van der Waals surface area contributed by atoms with Gasteiger partial charge in [-0.15, -0.1) is 0 Å². The van der Waals surface area contributed by atoms with Gasteiger partial charge in [-0.1, -0.05) is 6.07 Å². The monoisotopic (exact) mass is 489 g/mol. The Morgan fingerprint density at radius 2 is 1.74 bits per heavy atom. The van der Waals surface area contributed by atoms with Crippen LogP contribution >= 0.6 is 0 Å². The first-order valence-corrected chi connectivity index (χ1v) is 10.9. The summed E-state index contributed by atoms with van der Waals surface area (Å²) in [6, 6.07) is 13.2. The van der Waals surface area contributed by atoms with Crippen LogP contribution in [0.3, 0.4) is 0 Å². The summed E-state index contributed by atoms with van der Waals surface area (Å²) in [4.78, 5) is 13.1. The van der Waals surface area contributed by atoms with E-state index in [2.05, 4.69) is 5.10 Å². The Hall–Kier alpha value is -4.15. The number of hydrogen-bond acceptors (Lipinski definition) is 5. The lowest BCUT2D eigenvalue weighted by Crippen LogP contribution is -2.29. The normalized spacial score (nSPS) is 12.0. The van der Waals surface area contributed by atoms with Crippen LogP contribution in [0.4, 0.5) is 13.2 Å². The maximum atomic E-state index is 13.2. The second-order valence-electron chi connectivity index (χ2n) is 7.13. The fraction of sp³-hybridized carbons (Fsp3) is 0.0952. The second kappa shape index (κ2) is 8.01. The number of aromatic nitrogens is 4. The van der Waals surface area contributed by atoms with Crippen LogP contribution in [0.2, 0.25) is 0 Å². The Morgan fingerprint density at radius 1 is 1.06 bits per heavy atom. The maximum Gasteiger partial charge on any atom is 0.416 e. The summed E-state index contributed by atoms with van der Waals surface area (Å²) < 4.78 is 76.0. The number of nitrogens with zero attached hydrogens (tertiary/aromatic N) is 5. The van der Waals surface area contributed by atoms with Gasteiger partial charge in [-0.05, 0) is 55.5 Å². The van der Waals surface area contributed by atoms with Gasteiger partial charge in [-0.3, -0.25) is 9.12 Å². The highest BCUT2D eigenvalue weighted by Gasteiger charge is 2.32. The summed E-state index contributed by atoms with van der Waals surface area (Å²) in [6.07, 6.45) is -3.39. The minimum atomic E-state index is -5.17. The zero-order valence-electron chi connectivity index (χ0n) is 17.2. The van der Waals surface area contributed by atoms with Crippen LogP contribution in [0.1, 0.15) is 16.8 Å². The molecule has 2 heterocycles. The summed E-state index contributed by atoms with van der Waals surface area (Å²) in [5.74, 6) is 0. The summed E-state index contributed by atoms with van der Waals surface area (Å²) >= 11 is 0. The van der Waals surface area contributed by atoms with E-state index in [1.165, 1.54) is 54.2 Å². The van der Waals surface area contributed by atoms with E-state index in [1.54, 1.807) is 0 Å². The molecule has 174 valence electrons. The van der Waals surface area contributed by atoms with Crippen LogP contribution in [0, 0.1) is 18.3 Å². The van der Waals surface area contributed by atoms with E-state index in [-0.39, 0.29) is 26.7 Å². The standard InChI is InChI=1S/C21H14F3N5O4S/c1-13-19(18-9-10-26-28(18)16-7-5-14(12-25)6-8-16)29(34(31,32)33)20(30)27(13)17-4-2-3-15(11-17)21(22,23)24/h2-11H,1H3,(H,31,32,33). The van der Waals surface area contributed by atoms with Crippen molar-refractivity contribution in [3.63, 3.8) is 0 Å². The average Bonchev–Trinajstić information content (AvgIpc) is 3.35. The molecule has 0 aliphatic rings. The van der Waals surface area contributed by atoms with Crippen LogP contribution in [0.5, 0.6) is 0 Å². The van der Waals surface area contributed by atoms with Gasteiger partial charge in [-0.25, -0.2) is 9.48 Å². The van der Waals surface area contributed by atoms with Crippen molar-refractivity contribution in [3.05, 3.63) is 88.1 Å². The number of hydrogen-bond donors (Lipinski definition) is 1. The van der Waals surface area contributed by atoms with Gasteiger partial charge in [0.2, 0.25) is 0 Å². The zero-order valence-corrected chi connectivity index (χ0v) is 18.0. The molecule has 0 saturated heterocycles. The van der Waals surface area contributed by atoms with Gasteiger partial charge < -0.3 is 0 Å². The maximum absolute atomic E-state index is 13.2. The molecule has 1 N–H and O–H groups in total. The van der Waals surface area contributed by atoms with Crippen LogP contribution in [-0.4, -0.2) is 31.3 Å². The molecule has 0 bridgehead atoms. The van der Waals surface area contributed by atoms with Gasteiger partial charge in [0.25, 0.3) is 0 Å². The number of alkyl halides is 3. The van der Waals surface area contributed by atoms with Crippen molar-refractivity contribution in [1.82, 2.24) is 18.3 Å². The molecule has 9 nitrogen and oxygen atoms in total. The first kappa shape index (κ1) is 23.0. The second-order valence-corrected chi connectivity index (χ2v) is 8.39. The molecule has 0 radical (unpaired) electrons. The Labute approximate surface area is 190 Å². The Kier molecular flexibility index (Phi) is 5.42. The lowest BCUT2D eigenvalue weighted by molar-refractivity contribution is -0.137. The Bertz CT molecular complexity index is 1610. The average molecular weight is 489 g/mol. The molecule has 0 saturated carbocycles. The van der Waals surface area contributed by atoms with Crippen molar-refractivity contribution < 1.29 is 26.1 Å². The molecule has 34 heavy (non-hydrogen) atoms. The van der Waals surface area contributed by atoms with Crippen LogP contribution in [-0.2, 0) is 16.5 Å². The van der Waals surface area contributed by atoms with E-state index in [0.29, 0.717) is 17.3 Å². The van der Waals surface area contributed by atoms with Gasteiger partial charge >= 0.3 is 22.2 Å². The molecular weight excluding hydrogens is 475 g/mol. The van der Waals surface area contributed by atoms with E-state index in [4.69, 9.17) is 5.26 Å². The van der Waals surface area contributed by atoms with Gasteiger partial charge in [0.15, 0.2) is 0 Å². The number of benzene rings is 2. The Balaban J connectivity index is 2.01. The highest BCUT2D eigenvalue weighted by atomic mass is 32.2. The fourth-order valence-corrected chi connectivity index (χ4v) is 4.31. The zero-order chi connectivity index (χ0) is 24.8. The third kappa shape index (κ3) is 3.89. The smallest absolute Gasteiger partial charge is 0.269 e. The Morgan fingerprint density at radius 3 is 2.32 bits per heavy atom. The highest BCUT2D eigenvalue weighted by molar-refractivity contribution is 7.84. The molecule has 13 heteroatoms. The van der Waals surface area contributed by atoms with Crippen LogP contribution < -0.4 is 5.69 Å². The van der Waals surface area contributed by atoms with Crippen molar-refractivity contribution in [3.8, 4) is 28.8 Å². The predicted octanol–water partition coefficient (Wildman–Crippen LogP) is 3.34. The van der Waals surface area contributed by atoms with E-state index in [0.717, 1.165) is 16.7 Å². The third-order valence-electron chi connectivity index (χ3n) is 5.03. The topological polar surface area (TPSA) is 123 Å². The molecular formula is C21H14F3N5O4S. The summed E-state index contributed by atoms with van der Waals surface area (Å²) in [5, 5.41) is 13.1. The largest absolute Gasteiger partial charge is 0.416 e. The number of imidazole rings is 1. The summed E-state index contributed by atoms with van der Waals surface area (Å²) in [6.45, 7) is 1.33. The molecule has 0 aliphatic heterocycles. The molecule has 4 aromatic rings.